The van der Waals surface area contributed by atoms with Gasteiger partial charge in [-0.1, -0.05) is 13.8 Å². The molecule has 0 aliphatic rings. The van der Waals surface area contributed by atoms with Crippen molar-refractivity contribution in [2.45, 2.75) is 44.6 Å². The molecule has 1 unspecified atom stereocenters. The van der Waals surface area contributed by atoms with E-state index >= 15 is 0 Å². The lowest BCUT2D eigenvalue weighted by molar-refractivity contribution is 0.0937. The number of benzene rings is 1. The molecule has 0 saturated carbocycles. The molecule has 0 aromatic heterocycles. The van der Waals surface area contributed by atoms with Gasteiger partial charge in [-0.25, -0.2) is 8.42 Å². The molecule has 1 amide bonds. The number of hydrogen-bond donors (Lipinski definition) is 1. The van der Waals surface area contributed by atoms with Crippen LogP contribution in [-0.2, 0) is 9.05 Å². The highest BCUT2D eigenvalue weighted by Gasteiger charge is 2.13. The largest absolute Gasteiger partial charge is 0.350 e. The minimum atomic E-state index is -3.75. The summed E-state index contributed by atoms with van der Waals surface area (Å²) in [6.45, 7) is 6.23. The smallest absolute Gasteiger partial charge is 0.261 e. The van der Waals surface area contributed by atoms with Gasteiger partial charge in [-0.2, -0.15) is 0 Å². The van der Waals surface area contributed by atoms with Crippen molar-refractivity contribution in [3.63, 3.8) is 0 Å². The van der Waals surface area contributed by atoms with Crippen molar-refractivity contribution >= 4 is 25.6 Å². The second-order valence-corrected chi connectivity index (χ2v) is 7.87. The fourth-order valence-corrected chi connectivity index (χ4v) is 2.50. The Morgan fingerprint density at radius 3 is 2.15 bits per heavy atom. The molecule has 1 aromatic carbocycles. The van der Waals surface area contributed by atoms with Crippen molar-refractivity contribution in [1.29, 1.82) is 0 Å². The average molecular weight is 318 g/mol. The van der Waals surface area contributed by atoms with Crippen LogP contribution in [0.2, 0.25) is 0 Å². The maximum atomic E-state index is 12.0. The lowest BCUT2D eigenvalue weighted by atomic mass is 10.0. The first-order valence-corrected chi connectivity index (χ1v) is 8.86. The number of amides is 1. The quantitative estimate of drug-likeness (QED) is 0.820. The van der Waals surface area contributed by atoms with Gasteiger partial charge in [0.05, 0.1) is 4.90 Å². The van der Waals surface area contributed by atoms with Gasteiger partial charge in [0.1, 0.15) is 0 Å². The van der Waals surface area contributed by atoms with E-state index in [1.807, 2.05) is 6.92 Å². The Labute approximate surface area is 124 Å². The molecular weight excluding hydrogens is 298 g/mol. The number of hydrogen-bond acceptors (Lipinski definition) is 3. The third-order valence-electron chi connectivity index (χ3n) is 2.95. The monoisotopic (exact) mass is 317 g/mol. The molecule has 0 heterocycles. The van der Waals surface area contributed by atoms with Crippen molar-refractivity contribution in [3.8, 4) is 0 Å². The summed E-state index contributed by atoms with van der Waals surface area (Å²) in [4.78, 5) is 12.0. The summed E-state index contributed by atoms with van der Waals surface area (Å²) in [6.07, 6.45) is 1.96. The number of rotatable bonds is 6. The standard InChI is InChI=1S/C14H20ClNO3S/c1-10(2)4-5-11(3)16-14(17)12-6-8-13(9-7-12)20(15,18)19/h6-11H,4-5H2,1-3H3,(H,16,17). The summed E-state index contributed by atoms with van der Waals surface area (Å²) in [6, 6.07) is 5.66. The topological polar surface area (TPSA) is 63.2 Å². The first-order chi connectivity index (χ1) is 9.20. The molecule has 0 aliphatic carbocycles. The number of carbonyl (C=O) groups excluding carboxylic acids is 1. The van der Waals surface area contributed by atoms with Crippen LogP contribution in [0.15, 0.2) is 29.2 Å². The van der Waals surface area contributed by atoms with E-state index in [1.54, 1.807) is 0 Å². The minimum absolute atomic E-state index is 0.0106. The Balaban J connectivity index is 2.64. The maximum Gasteiger partial charge on any atom is 0.261 e. The normalized spacial score (nSPS) is 13.2. The molecule has 112 valence electrons. The first kappa shape index (κ1) is 17.0. The van der Waals surface area contributed by atoms with Crippen molar-refractivity contribution in [2.75, 3.05) is 0 Å². The van der Waals surface area contributed by atoms with E-state index in [1.165, 1.54) is 24.3 Å². The van der Waals surface area contributed by atoms with Gasteiger partial charge >= 0.3 is 0 Å². The number of carbonyl (C=O) groups is 1. The minimum Gasteiger partial charge on any atom is -0.350 e. The second kappa shape index (κ2) is 7.09. The van der Waals surface area contributed by atoms with Gasteiger partial charge < -0.3 is 5.32 Å². The molecule has 0 bridgehead atoms. The molecule has 1 atom stereocenters. The van der Waals surface area contributed by atoms with E-state index in [0.717, 1.165) is 12.8 Å². The molecule has 4 nitrogen and oxygen atoms in total. The zero-order chi connectivity index (χ0) is 15.3. The van der Waals surface area contributed by atoms with E-state index in [4.69, 9.17) is 10.7 Å². The first-order valence-electron chi connectivity index (χ1n) is 6.55. The van der Waals surface area contributed by atoms with Gasteiger partial charge in [0.25, 0.3) is 15.0 Å². The Bertz CT molecular complexity index is 552. The molecular formula is C14H20ClNO3S. The van der Waals surface area contributed by atoms with E-state index in [0.29, 0.717) is 11.5 Å². The summed E-state index contributed by atoms with van der Waals surface area (Å²) >= 11 is 0. The molecule has 0 radical (unpaired) electrons. The zero-order valence-electron chi connectivity index (χ0n) is 11.9. The predicted molar refractivity (Wildman–Crippen MR) is 80.5 cm³/mol. The predicted octanol–water partition coefficient (Wildman–Crippen LogP) is 3.17. The zero-order valence-corrected chi connectivity index (χ0v) is 13.5. The van der Waals surface area contributed by atoms with E-state index in [-0.39, 0.29) is 16.8 Å². The summed E-state index contributed by atoms with van der Waals surface area (Å²) < 4.78 is 22.2. The molecule has 1 N–H and O–H groups in total. The van der Waals surface area contributed by atoms with Gasteiger partial charge in [0.15, 0.2) is 0 Å². The molecule has 20 heavy (non-hydrogen) atoms. The van der Waals surface area contributed by atoms with Crippen LogP contribution in [0.5, 0.6) is 0 Å². The van der Waals surface area contributed by atoms with Crippen molar-refractivity contribution in [1.82, 2.24) is 5.32 Å². The van der Waals surface area contributed by atoms with E-state index in [2.05, 4.69) is 19.2 Å². The molecule has 1 rings (SSSR count). The fraction of sp³-hybridized carbons (Fsp3) is 0.500. The Hall–Kier alpha value is -1.07. The van der Waals surface area contributed by atoms with Gasteiger partial charge in [0, 0.05) is 22.3 Å². The average Bonchev–Trinajstić information content (AvgIpc) is 2.35. The third-order valence-corrected chi connectivity index (χ3v) is 4.32. The molecule has 1 aromatic rings. The van der Waals surface area contributed by atoms with Crippen LogP contribution in [0, 0.1) is 5.92 Å². The van der Waals surface area contributed by atoms with Gasteiger partial charge in [-0.15, -0.1) is 0 Å². The van der Waals surface area contributed by atoms with Crippen LogP contribution in [0.25, 0.3) is 0 Å². The van der Waals surface area contributed by atoms with Crippen LogP contribution in [-0.4, -0.2) is 20.4 Å². The SMILES string of the molecule is CC(C)CCC(C)NC(=O)c1ccc(S(=O)(=O)Cl)cc1. The summed E-state index contributed by atoms with van der Waals surface area (Å²) in [5.41, 5.74) is 0.422. The molecule has 0 aliphatic heterocycles. The van der Waals surface area contributed by atoms with Crippen molar-refractivity contribution in [3.05, 3.63) is 29.8 Å². The van der Waals surface area contributed by atoms with Crippen LogP contribution >= 0.6 is 10.7 Å². The fourth-order valence-electron chi connectivity index (χ4n) is 1.73. The lowest BCUT2D eigenvalue weighted by Crippen LogP contribution is -2.32. The van der Waals surface area contributed by atoms with E-state index in [9.17, 15) is 13.2 Å². The Kier molecular flexibility index (Phi) is 6.02. The summed E-state index contributed by atoms with van der Waals surface area (Å²) in [7, 11) is 1.47. The molecule has 0 saturated heterocycles. The highest BCUT2D eigenvalue weighted by atomic mass is 35.7. The molecule has 6 heteroatoms. The van der Waals surface area contributed by atoms with Gasteiger partial charge in [-0.05, 0) is 49.9 Å². The number of halogens is 1. The Morgan fingerprint density at radius 1 is 1.15 bits per heavy atom. The summed E-state index contributed by atoms with van der Waals surface area (Å²) in [5, 5.41) is 2.89. The lowest BCUT2D eigenvalue weighted by Gasteiger charge is -2.15. The maximum absolute atomic E-state index is 12.0. The van der Waals surface area contributed by atoms with Crippen LogP contribution < -0.4 is 5.32 Å². The van der Waals surface area contributed by atoms with Gasteiger partial charge in [-0.3, -0.25) is 4.79 Å². The third kappa shape index (κ3) is 5.51. The van der Waals surface area contributed by atoms with Crippen LogP contribution in [0.1, 0.15) is 44.0 Å². The van der Waals surface area contributed by atoms with Gasteiger partial charge in [0.2, 0.25) is 0 Å². The highest BCUT2D eigenvalue weighted by molar-refractivity contribution is 8.13. The molecule has 0 spiro atoms. The summed E-state index contributed by atoms with van der Waals surface area (Å²) in [5.74, 6) is 0.391. The Morgan fingerprint density at radius 2 is 1.70 bits per heavy atom. The van der Waals surface area contributed by atoms with Crippen molar-refractivity contribution in [2.24, 2.45) is 5.92 Å². The van der Waals surface area contributed by atoms with E-state index < -0.39 is 9.05 Å². The highest BCUT2D eigenvalue weighted by Crippen LogP contribution is 2.15. The molecule has 0 fully saturated rings. The second-order valence-electron chi connectivity index (χ2n) is 5.31. The van der Waals surface area contributed by atoms with Crippen LogP contribution in [0.4, 0.5) is 0 Å². The van der Waals surface area contributed by atoms with Crippen molar-refractivity contribution < 1.29 is 13.2 Å². The van der Waals surface area contributed by atoms with Crippen LogP contribution in [0.3, 0.4) is 0 Å². The number of nitrogens with one attached hydrogen (secondary N) is 1.